The summed E-state index contributed by atoms with van der Waals surface area (Å²) >= 11 is 1.78. The van der Waals surface area contributed by atoms with Gasteiger partial charge in [-0.05, 0) is 42.7 Å². The molecule has 2 nitrogen and oxygen atoms in total. The van der Waals surface area contributed by atoms with Crippen LogP contribution in [0.4, 0.5) is 0 Å². The van der Waals surface area contributed by atoms with Crippen molar-refractivity contribution in [3.63, 3.8) is 0 Å². The summed E-state index contributed by atoms with van der Waals surface area (Å²) in [5.74, 6) is 0.879. The zero-order valence-electron chi connectivity index (χ0n) is 12.0. The Morgan fingerprint density at radius 1 is 1.32 bits per heavy atom. The lowest BCUT2D eigenvalue weighted by Crippen LogP contribution is -2.33. The molecule has 19 heavy (non-hydrogen) atoms. The molecule has 3 heteroatoms. The van der Waals surface area contributed by atoms with Crippen LogP contribution in [0.25, 0.3) is 0 Å². The quantitative estimate of drug-likeness (QED) is 0.795. The van der Waals surface area contributed by atoms with Crippen LogP contribution in [0.1, 0.15) is 40.0 Å². The van der Waals surface area contributed by atoms with Crippen LogP contribution in [-0.4, -0.2) is 10.2 Å². The molecule has 0 radical (unpaired) electrons. The molecule has 102 valence electrons. The van der Waals surface area contributed by atoms with Crippen LogP contribution in [0.3, 0.4) is 0 Å². The van der Waals surface area contributed by atoms with Crippen LogP contribution >= 0.6 is 11.8 Å². The minimum absolute atomic E-state index is 0.172. The van der Waals surface area contributed by atoms with Gasteiger partial charge in [0.1, 0.15) is 0 Å². The van der Waals surface area contributed by atoms with E-state index in [2.05, 4.69) is 31.8 Å². The summed E-state index contributed by atoms with van der Waals surface area (Å²) < 4.78 is 0. The predicted octanol–water partition coefficient (Wildman–Crippen LogP) is 4.53. The number of nitrogens with zero attached hydrogens (tertiary/aromatic N) is 2. The third-order valence-corrected chi connectivity index (χ3v) is 5.40. The van der Waals surface area contributed by atoms with E-state index in [1.807, 2.05) is 24.4 Å². The molecule has 0 aromatic carbocycles. The average molecular weight is 274 g/mol. The van der Waals surface area contributed by atoms with Crippen molar-refractivity contribution in [3.05, 3.63) is 24.4 Å². The molecule has 1 aliphatic carbocycles. The van der Waals surface area contributed by atoms with Gasteiger partial charge in [-0.1, -0.05) is 26.8 Å². The normalized spacial score (nSPS) is 27.8. The molecule has 0 amide bonds. The lowest BCUT2D eigenvalue weighted by molar-refractivity contribution is 0.169. The van der Waals surface area contributed by atoms with Gasteiger partial charge in [-0.25, -0.2) is 4.98 Å². The molecule has 0 spiro atoms. The molecule has 1 aliphatic rings. The molecule has 1 aromatic heterocycles. The molecular formula is C16H22N2S. The lowest BCUT2D eigenvalue weighted by Gasteiger charge is -2.39. The van der Waals surface area contributed by atoms with E-state index in [0.29, 0.717) is 16.6 Å². The van der Waals surface area contributed by atoms with Gasteiger partial charge in [0.25, 0.3) is 0 Å². The number of hydrogen-bond acceptors (Lipinski definition) is 3. The molecule has 0 saturated heterocycles. The Labute approximate surface area is 120 Å². The summed E-state index contributed by atoms with van der Waals surface area (Å²) in [6, 6.07) is 8.49. The Balaban J connectivity index is 2.09. The second kappa shape index (κ2) is 5.96. The van der Waals surface area contributed by atoms with E-state index < -0.39 is 0 Å². The number of aromatic nitrogens is 1. The minimum Gasteiger partial charge on any atom is -0.250 e. The highest BCUT2D eigenvalue weighted by molar-refractivity contribution is 7.99. The first kappa shape index (κ1) is 14.4. The van der Waals surface area contributed by atoms with Crippen LogP contribution in [-0.2, 0) is 0 Å². The van der Waals surface area contributed by atoms with E-state index in [-0.39, 0.29) is 5.92 Å². The third kappa shape index (κ3) is 3.73. The van der Waals surface area contributed by atoms with Crippen LogP contribution in [0, 0.1) is 28.6 Å². The largest absolute Gasteiger partial charge is 0.250 e. The van der Waals surface area contributed by atoms with Gasteiger partial charge >= 0.3 is 0 Å². The van der Waals surface area contributed by atoms with Crippen LogP contribution in [0.2, 0.25) is 0 Å². The van der Waals surface area contributed by atoms with Crippen molar-refractivity contribution in [1.82, 2.24) is 4.98 Å². The molecular weight excluding hydrogens is 252 g/mol. The van der Waals surface area contributed by atoms with Crippen molar-refractivity contribution < 1.29 is 0 Å². The van der Waals surface area contributed by atoms with E-state index >= 15 is 0 Å². The van der Waals surface area contributed by atoms with Crippen molar-refractivity contribution in [1.29, 1.82) is 5.26 Å². The van der Waals surface area contributed by atoms with Gasteiger partial charge in [0, 0.05) is 11.4 Å². The summed E-state index contributed by atoms with van der Waals surface area (Å²) in [6.07, 6.45) is 5.17. The Morgan fingerprint density at radius 3 is 2.68 bits per heavy atom. The first-order valence-corrected chi connectivity index (χ1v) is 7.86. The lowest BCUT2D eigenvalue weighted by atomic mass is 9.70. The molecule has 0 bridgehead atoms. The van der Waals surface area contributed by atoms with E-state index in [9.17, 15) is 5.26 Å². The van der Waals surface area contributed by atoms with Crippen molar-refractivity contribution >= 4 is 11.8 Å². The maximum absolute atomic E-state index is 9.34. The Kier molecular flexibility index (Phi) is 4.52. The minimum atomic E-state index is 0.172. The molecule has 3 unspecified atom stereocenters. The Hall–Kier alpha value is -1.01. The number of nitriles is 1. The van der Waals surface area contributed by atoms with Crippen molar-refractivity contribution in [2.45, 2.75) is 50.3 Å². The van der Waals surface area contributed by atoms with Gasteiger partial charge < -0.3 is 0 Å². The fourth-order valence-electron chi connectivity index (χ4n) is 2.77. The van der Waals surface area contributed by atoms with E-state index in [4.69, 9.17) is 0 Å². The highest BCUT2D eigenvalue weighted by atomic mass is 32.2. The first-order valence-electron chi connectivity index (χ1n) is 6.98. The maximum atomic E-state index is 9.34. The SMILES string of the molecule is CC(C)(C)C1CCC(C#N)C(Sc2ccccn2)C1. The molecule has 1 heterocycles. The van der Waals surface area contributed by atoms with Crippen molar-refractivity contribution in [3.8, 4) is 6.07 Å². The van der Waals surface area contributed by atoms with Crippen LogP contribution in [0.5, 0.6) is 0 Å². The zero-order valence-corrected chi connectivity index (χ0v) is 12.8. The Morgan fingerprint density at radius 2 is 2.11 bits per heavy atom. The van der Waals surface area contributed by atoms with Crippen molar-refractivity contribution in [2.24, 2.45) is 17.3 Å². The number of pyridine rings is 1. The molecule has 0 aliphatic heterocycles. The van der Waals surface area contributed by atoms with Crippen molar-refractivity contribution in [2.75, 3.05) is 0 Å². The van der Waals surface area contributed by atoms with Crippen LogP contribution in [0.15, 0.2) is 29.4 Å². The van der Waals surface area contributed by atoms with E-state index in [1.165, 1.54) is 6.42 Å². The second-order valence-corrected chi connectivity index (χ2v) is 7.70. The Bertz CT molecular complexity index is 444. The zero-order chi connectivity index (χ0) is 13.9. The predicted molar refractivity (Wildman–Crippen MR) is 79.8 cm³/mol. The fraction of sp³-hybridized carbons (Fsp3) is 0.625. The number of hydrogen-bond donors (Lipinski definition) is 0. The summed E-state index contributed by atoms with van der Waals surface area (Å²) in [4.78, 5) is 4.38. The molecule has 3 atom stereocenters. The molecule has 1 aromatic rings. The van der Waals surface area contributed by atoms with Gasteiger partial charge in [0.2, 0.25) is 0 Å². The molecule has 0 N–H and O–H groups in total. The van der Waals surface area contributed by atoms with Gasteiger partial charge in [-0.15, -0.1) is 11.8 Å². The summed E-state index contributed by atoms with van der Waals surface area (Å²) in [5, 5.41) is 10.8. The highest BCUT2D eigenvalue weighted by Crippen LogP contribution is 2.45. The summed E-state index contributed by atoms with van der Waals surface area (Å²) in [7, 11) is 0. The first-order chi connectivity index (χ1) is 9.00. The monoisotopic (exact) mass is 274 g/mol. The number of rotatable bonds is 2. The summed E-state index contributed by atoms with van der Waals surface area (Å²) in [6.45, 7) is 6.94. The van der Waals surface area contributed by atoms with Gasteiger partial charge in [0.15, 0.2) is 0 Å². The topological polar surface area (TPSA) is 36.7 Å². The van der Waals surface area contributed by atoms with Crippen LogP contribution < -0.4 is 0 Å². The average Bonchev–Trinajstić information content (AvgIpc) is 2.39. The van der Waals surface area contributed by atoms with E-state index in [1.54, 1.807) is 11.8 Å². The molecule has 2 rings (SSSR count). The summed E-state index contributed by atoms with van der Waals surface area (Å²) in [5.41, 5.74) is 0.337. The molecule has 1 saturated carbocycles. The van der Waals surface area contributed by atoms with Gasteiger partial charge in [-0.2, -0.15) is 5.26 Å². The number of thioether (sulfide) groups is 1. The molecule has 1 fully saturated rings. The fourth-order valence-corrected chi connectivity index (χ4v) is 4.04. The second-order valence-electron chi connectivity index (χ2n) is 6.44. The highest BCUT2D eigenvalue weighted by Gasteiger charge is 2.36. The third-order valence-electron chi connectivity index (χ3n) is 4.09. The van der Waals surface area contributed by atoms with E-state index in [0.717, 1.165) is 17.9 Å². The van der Waals surface area contributed by atoms with Gasteiger partial charge in [0.05, 0.1) is 17.0 Å². The maximum Gasteiger partial charge on any atom is 0.0962 e. The van der Waals surface area contributed by atoms with Gasteiger partial charge in [-0.3, -0.25) is 0 Å². The standard InChI is InChI=1S/C16H22N2S/c1-16(2,3)13-8-7-12(11-17)14(10-13)19-15-6-4-5-9-18-15/h4-6,9,12-14H,7-8,10H2,1-3H3. The smallest absolute Gasteiger partial charge is 0.0962 e.